The van der Waals surface area contributed by atoms with Crippen molar-refractivity contribution in [3.63, 3.8) is 0 Å². The van der Waals surface area contributed by atoms with Gasteiger partial charge in [0.15, 0.2) is 0 Å². The quantitative estimate of drug-likeness (QED) is 0.821. The van der Waals surface area contributed by atoms with E-state index in [9.17, 15) is 4.57 Å². The van der Waals surface area contributed by atoms with Crippen molar-refractivity contribution in [3.05, 3.63) is 60.2 Å². The second-order valence-electron chi connectivity index (χ2n) is 3.85. The summed E-state index contributed by atoms with van der Waals surface area (Å²) in [5.41, 5.74) is 2.51. The van der Waals surface area contributed by atoms with Gasteiger partial charge in [0.1, 0.15) is 0 Å². The molecule has 2 rings (SSSR count). The molecule has 0 amide bonds. The van der Waals surface area contributed by atoms with Crippen molar-refractivity contribution < 1.29 is 14.4 Å². The highest BCUT2D eigenvalue weighted by atomic mass is 31.2. The molecule has 0 aliphatic heterocycles. The molecule has 4 heteroatoms. The van der Waals surface area contributed by atoms with Gasteiger partial charge in [-0.25, -0.2) is 0 Å². The summed E-state index contributed by atoms with van der Waals surface area (Å²) in [6, 6.07) is 16.9. The summed E-state index contributed by atoms with van der Waals surface area (Å²) in [5.74, 6) is 0. The third-order valence-electron chi connectivity index (χ3n) is 2.48. The van der Waals surface area contributed by atoms with Crippen LogP contribution >= 0.6 is 7.60 Å². The van der Waals surface area contributed by atoms with Crippen LogP contribution in [0.2, 0.25) is 0 Å². The van der Waals surface area contributed by atoms with Crippen molar-refractivity contribution in [2.45, 2.75) is 6.16 Å². The maximum atomic E-state index is 11.1. The summed E-state index contributed by atoms with van der Waals surface area (Å²) < 4.78 is 11.1. The molecule has 2 aromatic carbocycles. The molecule has 88 valence electrons. The molecule has 0 aliphatic carbocycles. The minimum Gasteiger partial charge on any atom is -0.324 e. The van der Waals surface area contributed by atoms with E-state index in [1.807, 2.05) is 42.5 Å². The highest BCUT2D eigenvalue weighted by Gasteiger charge is 2.16. The first-order valence-electron chi connectivity index (χ1n) is 5.24. The van der Waals surface area contributed by atoms with E-state index in [1.54, 1.807) is 12.1 Å². The van der Waals surface area contributed by atoms with Crippen molar-refractivity contribution in [3.8, 4) is 11.1 Å². The van der Waals surface area contributed by atoms with E-state index in [0.29, 0.717) is 5.56 Å². The highest BCUT2D eigenvalue weighted by Crippen LogP contribution is 2.41. The summed E-state index contributed by atoms with van der Waals surface area (Å²) in [6.07, 6.45) is -0.224. The molecule has 0 atom stereocenters. The third kappa shape index (κ3) is 3.27. The van der Waals surface area contributed by atoms with Gasteiger partial charge < -0.3 is 9.79 Å². The third-order valence-corrected chi connectivity index (χ3v) is 3.23. The second-order valence-corrected chi connectivity index (χ2v) is 5.49. The molecule has 0 heterocycles. The van der Waals surface area contributed by atoms with E-state index in [0.717, 1.165) is 11.1 Å². The first kappa shape index (κ1) is 12.1. The molecule has 0 unspecified atom stereocenters. The number of benzene rings is 2. The van der Waals surface area contributed by atoms with Gasteiger partial charge in [-0.05, 0) is 16.7 Å². The molecule has 3 nitrogen and oxygen atoms in total. The lowest BCUT2D eigenvalue weighted by Crippen LogP contribution is -1.91. The Labute approximate surface area is 99.9 Å². The van der Waals surface area contributed by atoms with Crippen molar-refractivity contribution >= 4 is 7.60 Å². The molecule has 2 N–H and O–H groups in total. The fourth-order valence-corrected chi connectivity index (χ4v) is 2.50. The Hall–Kier alpha value is -1.41. The predicted octanol–water partition coefficient (Wildman–Crippen LogP) is 3.03. The fourth-order valence-electron chi connectivity index (χ4n) is 1.78. The first-order chi connectivity index (χ1) is 8.06. The normalized spacial score (nSPS) is 11.4. The van der Waals surface area contributed by atoms with Gasteiger partial charge in [-0.15, -0.1) is 0 Å². The van der Waals surface area contributed by atoms with Crippen LogP contribution in [0.1, 0.15) is 5.56 Å². The van der Waals surface area contributed by atoms with Crippen molar-refractivity contribution in [2.75, 3.05) is 0 Å². The van der Waals surface area contributed by atoms with E-state index in [2.05, 4.69) is 0 Å². The molecule has 0 bridgehead atoms. The topological polar surface area (TPSA) is 57.5 Å². The minimum atomic E-state index is -4.03. The van der Waals surface area contributed by atoms with Crippen LogP contribution in [0.4, 0.5) is 0 Å². The SMILES string of the molecule is O=P(O)(O)Cc1ccccc1-c1ccccc1. The van der Waals surface area contributed by atoms with Gasteiger partial charge in [0.05, 0.1) is 6.16 Å². The first-order valence-corrected chi connectivity index (χ1v) is 7.04. The monoisotopic (exact) mass is 248 g/mol. The van der Waals surface area contributed by atoms with E-state index in [-0.39, 0.29) is 6.16 Å². The molecule has 0 spiro atoms. The molecule has 17 heavy (non-hydrogen) atoms. The maximum Gasteiger partial charge on any atom is 0.329 e. The second kappa shape index (κ2) is 4.84. The Balaban J connectivity index is 2.45. The molecular weight excluding hydrogens is 235 g/mol. The Morgan fingerprint density at radius 3 is 2.12 bits per heavy atom. The van der Waals surface area contributed by atoms with Crippen molar-refractivity contribution in [2.24, 2.45) is 0 Å². The molecule has 0 fully saturated rings. The van der Waals surface area contributed by atoms with Gasteiger partial charge in [-0.3, -0.25) is 4.57 Å². The van der Waals surface area contributed by atoms with Gasteiger partial charge in [-0.2, -0.15) is 0 Å². The van der Waals surface area contributed by atoms with Gasteiger partial charge >= 0.3 is 7.60 Å². The highest BCUT2D eigenvalue weighted by molar-refractivity contribution is 7.50. The van der Waals surface area contributed by atoms with Crippen LogP contribution in [-0.2, 0) is 10.7 Å². The Morgan fingerprint density at radius 1 is 0.882 bits per heavy atom. The summed E-state index contributed by atoms with van der Waals surface area (Å²) in [5, 5.41) is 0. The standard InChI is InChI=1S/C13H13O3P/c14-17(15,16)10-12-8-4-5-9-13(12)11-6-2-1-3-7-11/h1-9H,10H2,(H2,14,15,16). The average Bonchev–Trinajstić information content (AvgIpc) is 2.29. The van der Waals surface area contributed by atoms with E-state index < -0.39 is 7.60 Å². The van der Waals surface area contributed by atoms with Crippen LogP contribution in [0.15, 0.2) is 54.6 Å². The summed E-state index contributed by atoms with van der Waals surface area (Å²) in [6.45, 7) is 0. The molecule has 0 aromatic heterocycles. The lowest BCUT2D eigenvalue weighted by molar-refractivity contribution is 0.372. The number of hydrogen-bond acceptors (Lipinski definition) is 1. The Kier molecular flexibility index (Phi) is 3.43. The van der Waals surface area contributed by atoms with Crippen molar-refractivity contribution in [1.29, 1.82) is 0 Å². The van der Waals surface area contributed by atoms with E-state index in [1.165, 1.54) is 0 Å². The average molecular weight is 248 g/mol. The molecule has 2 aromatic rings. The largest absolute Gasteiger partial charge is 0.329 e. The zero-order valence-corrected chi connectivity index (χ0v) is 10.0. The molecule has 0 aliphatic rings. The van der Waals surface area contributed by atoms with Crippen LogP contribution in [-0.4, -0.2) is 9.79 Å². The fraction of sp³-hybridized carbons (Fsp3) is 0.0769. The lowest BCUT2D eigenvalue weighted by Gasteiger charge is -2.10. The predicted molar refractivity (Wildman–Crippen MR) is 67.6 cm³/mol. The lowest BCUT2D eigenvalue weighted by atomic mass is 10.0. The van der Waals surface area contributed by atoms with Gasteiger partial charge in [0.2, 0.25) is 0 Å². The molecule has 0 saturated carbocycles. The van der Waals surface area contributed by atoms with E-state index in [4.69, 9.17) is 9.79 Å². The van der Waals surface area contributed by atoms with Gasteiger partial charge in [-0.1, -0.05) is 54.6 Å². The molecule has 0 saturated heterocycles. The van der Waals surface area contributed by atoms with Crippen LogP contribution < -0.4 is 0 Å². The smallest absolute Gasteiger partial charge is 0.324 e. The number of hydrogen-bond donors (Lipinski definition) is 2. The zero-order chi connectivity index (χ0) is 12.3. The summed E-state index contributed by atoms with van der Waals surface area (Å²) in [4.78, 5) is 18.1. The van der Waals surface area contributed by atoms with Gasteiger partial charge in [0.25, 0.3) is 0 Å². The Bertz CT molecular complexity index is 546. The van der Waals surface area contributed by atoms with Crippen LogP contribution in [0.5, 0.6) is 0 Å². The summed E-state index contributed by atoms with van der Waals surface area (Å²) in [7, 11) is -4.03. The maximum absolute atomic E-state index is 11.1. The van der Waals surface area contributed by atoms with E-state index >= 15 is 0 Å². The number of rotatable bonds is 3. The molecule has 0 radical (unpaired) electrons. The van der Waals surface area contributed by atoms with Crippen LogP contribution in [0, 0.1) is 0 Å². The summed E-state index contributed by atoms with van der Waals surface area (Å²) >= 11 is 0. The van der Waals surface area contributed by atoms with Gasteiger partial charge in [0, 0.05) is 0 Å². The van der Waals surface area contributed by atoms with Crippen LogP contribution in [0.25, 0.3) is 11.1 Å². The van der Waals surface area contributed by atoms with Crippen molar-refractivity contribution in [1.82, 2.24) is 0 Å². The van der Waals surface area contributed by atoms with Crippen LogP contribution in [0.3, 0.4) is 0 Å². The zero-order valence-electron chi connectivity index (χ0n) is 9.15. The Morgan fingerprint density at radius 2 is 1.47 bits per heavy atom. The minimum absolute atomic E-state index is 0.224. The molecular formula is C13H13O3P.